The number of aliphatic imine (C=N–C) groups is 1. The molecule has 0 saturated heterocycles. The average Bonchev–Trinajstić information content (AvgIpc) is 3.24. The summed E-state index contributed by atoms with van der Waals surface area (Å²) in [5.41, 5.74) is 6.57. The number of nitrogens with one attached hydrogen (secondary N) is 1. The Morgan fingerprint density at radius 3 is 2.61 bits per heavy atom. The largest absolute Gasteiger partial charge is 0.478 e. The minimum absolute atomic E-state index is 0.133. The third-order valence-corrected chi connectivity index (χ3v) is 6.48. The van der Waals surface area contributed by atoms with Crippen molar-refractivity contribution in [3.05, 3.63) is 130 Å². The van der Waals surface area contributed by atoms with Crippen LogP contribution in [0.25, 0.3) is 5.57 Å². The molecule has 2 aliphatic rings. The standard InChI is InChI=1S/C30H23FN2O3/c1-17-10-11-19(12-18(17)2)24-14-22(31)15-27(29(24)34)32-16-25-23-8-3-4-9-26(23)33-28(25)20-6-5-7-21(13-20)30(35)36/h3-16,24,32H,1-2H3,(H,35,36). The number of carbonyl (C=O) groups is 2. The average molecular weight is 479 g/mol. The summed E-state index contributed by atoms with van der Waals surface area (Å²) in [7, 11) is 0. The maximum absolute atomic E-state index is 14.6. The van der Waals surface area contributed by atoms with Crippen LogP contribution in [0.3, 0.4) is 0 Å². The number of halogens is 1. The molecule has 1 aliphatic carbocycles. The van der Waals surface area contributed by atoms with Crippen LogP contribution in [0.15, 0.2) is 102 Å². The summed E-state index contributed by atoms with van der Waals surface area (Å²) in [6.07, 6.45) is 4.16. The van der Waals surface area contributed by atoms with Gasteiger partial charge in [-0.3, -0.25) is 4.79 Å². The molecule has 6 heteroatoms. The molecule has 36 heavy (non-hydrogen) atoms. The molecule has 1 atom stereocenters. The molecule has 1 aliphatic heterocycles. The number of fused-ring (bicyclic) bond motifs is 1. The number of aromatic carboxylic acids is 1. The molecule has 0 radical (unpaired) electrons. The molecule has 0 aromatic heterocycles. The predicted molar refractivity (Wildman–Crippen MR) is 138 cm³/mol. The van der Waals surface area contributed by atoms with Gasteiger partial charge in [0.25, 0.3) is 0 Å². The molecule has 1 heterocycles. The van der Waals surface area contributed by atoms with Crippen LogP contribution in [0.2, 0.25) is 0 Å². The van der Waals surface area contributed by atoms with Gasteiger partial charge in [0.1, 0.15) is 5.83 Å². The van der Waals surface area contributed by atoms with Crippen molar-refractivity contribution in [2.75, 3.05) is 0 Å². The summed E-state index contributed by atoms with van der Waals surface area (Å²) >= 11 is 0. The molecular weight excluding hydrogens is 455 g/mol. The van der Waals surface area contributed by atoms with Crippen molar-refractivity contribution in [1.29, 1.82) is 0 Å². The fourth-order valence-electron chi connectivity index (χ4n) is 4.40. The lowest BCUT2D eigenvalue weighted by Gasteiger charge is -2.20. The van der Waals surface area contributed by atoms with Crippen molar-refractivity contribution >= 4 is 28.7 Å². The minimum Gasteiger partial charge on any atom is -0.478 e. The zero-order valence-electron chi connectivity index (χ0n) is 19.7. The van der Waals surface area contributed by atoms with Crippen molar-refractivity contribution in [3.63, 3.8) is 0 Å². The van der Waals surface area contributed by atoms with Crippen LogP contribution in [-0.2, 0) is 4.79 Å². The van der Waals surface area contributed by atoms with Crippen molar-refractivity contribution in [1.82, 2.24) is 5.32 Å². The normalized spacial score (nSPS) is 17.9. The van der Waals surface area contributed by atoms with Gasteiger partial charge < -0.3 is 10.4 Å². The lowest BCUT2D eigenvalue weighted by molar-refractivity contribution is -0.116. The van der Waals surface area contributed by atoms with Gasteiger partial charge in [-0.1, -0.05) is 48.5 Å². The van der Waals surface area contributed by atoms with Gasteiger partial charge in [-0.05, 0) is 54.8 Å². The first kappa shape index (κ1) is 23.2. The summed E-state index contributed by atoms with van der Waals surface area (Å²) in [6, 6.07) is 19.7. The number of hydrogen-bond acceptors (Lipinski definition) is 4. The molecule has 0 bridgehead atoms. The minimum atomic E-state index is -1.03. The van der Waals surface area contributed by atoms with Gasteiger partial charge in [0.15, 0.2) is 5.78 Å². The number of allylic oxidation sites excluding steroid dienone is 5. The monoisotopic (exact) mass is 478 g/mol. The third-order valence-electron chi connectivity index (χ3n) is 6.48. The molecular formula is C30H23FN2O3. The molecule has 0 fully saturated rings. The van der Waals surface area contributed by atoms with Crippen LogP contribution >= 0.6 is 0 Å². The first-order chi connectivity index (χ1) is 17.3. The molecule has 0 spiro atoms. The van der Waals surface area contributed by atoms with Gasteiger partial charge >= 0.3 is 5.97 Å². The van der Waals surface area contributed by atoms with Crippen molar-refractivity contribution in [2.45, 2.75) is 19.8 Å². The van der Waals surface area contributed by atoms with Gasteiger partial charge in [-0.15, -0.1) is 0 Å². The van der Waals surface area contributed by atoms with Crippen LogP contribution in [0.5, 0.6) is 0 Å². The number of carbonyl (C=O) groups excluding carboxylic acids is 1. The first-order valence-electron chi connectivity index (χ1n) is 11.5. The topological polar surface area (TPSA) is 78.8 Å². The Kier molecular flexibility index (Phi) is 5.94. The Bertz CT molecular complexity index is 1550. The van der Waals surface area contributed by atoms with E-state index in [0.29, 0.717) is 16.8 Å². The van der Waals surface area contributed by atoms with Crippen molar-refractivity contribution in [2.24, 2.45) is 4.99 Å². The highest BCUT2D eigenvalue weighted by molar-refractivity contribution is 6.36. The second kappa shape index (κ2) is 9.23. The number of carboxylic acids is 1. The second-order valence-electron chi connectivity index (χ2n) is 8.86. The van der Waals surface area contributed by atoms with Gasteiger partial charge in [0, 0.05) is 29.0 Å². The maximum atomic E-state index is 14.6. The molecule has 3 aromatic carbocycles. The Balaban J connectivity index is 1.50. The zero-order valence-corrected chi connectivity index (χ0v) is 19.7. The highest BCUT2D eigenvalue weighted by Crippen LogP contribution is 2.37. The van der Waals surface area contributed by atoms with Crippen LogP contribution in [0.4, 0.5) is 10.1 Å². The molecule has 1 unspecified atom stereocenters. The summed E-state index contributed by atoms with van der Waals surface area (Å²) in [6.45, 7) is 3.95. The third kappa shape index (κ3) is 4.29. The zero-order chi connectivity index (χ0) is 25.4. The Morgan fingerprint density at radius 2 is 1.83 bits per heavy atom. The fraction of sp³-hybridized carbons (Fsp3) is 0.100. The Morgan fingerprint density at radius 1 is 1.03 bits per heavy atom. The summed E-state index contributed by atoms with van der Waals surface area (Å²) in [5, 5.41) is 12.4. The van der Waals surface area contributed by atoms with Crippen LogP contribution in [0.1, 0.15) is 44.1 Å². The number of nitrogens with zero attached hydrogens (tertiary/aromatic N) is 1. The number of para-hydroxylation sites is 1. The highest BCUT2D eigenvalue weighted by Gasteiger charge is 2.28. The number of carboxylic acid groups (broad SMARTS) is 1. The lowest BCUT2D eigenvalue weighted by atomic mass is 9.87. The molecule has 5 nitrogen and oxygen atoms in total. The Hall–Kier alpha value is -4.58. The van der Waals surface area contributed by atoms with E-state index < -0.39 is 17.7 Å². The van der Waals surface area contributed by atoms with Crippen LogP contribution in [-0.4, -0.2) is 22.6 Å². The van der Waals surface area contributed by atoms with Gasteiger partial charge in [0.2, 0.25) is 0 Å². The molecule has 3 aromatic rings. The highest BCUT2D eigenvalue weighted by atomic mass is 19.1. The number of ketones is 1. The molecule has 0 amide bonds. The van der Waals surface area contributed by atoms with Gasteiger partial charge in [-0.25, -0.2) is 14.2 Å². The predicted octanol–water partition coefficient (Wildman–Crippen LogP) is 6.17. The van der Waals surface area contributed by atoms with E-state index in [9.17, 15) is 19.1 Å². The smallest absolute Gasteiger partial charge is 0.335 e. The molecule has 5 rings (SSSR count). The van der Waals surface area contributed by atoms with E-state index in [0.717, 1.165) is 27.9 Å². The quantitative estimate of drug-likeness (QED) is 0.460. The molecule has 0 saturated carbocycles. The van der Waals surface area contributed by atoms with E-state index in [2.05, 4.69) is 5.32 Å². The van der Waals surface area contributed by atoms with E-state index in [1.807, 2.05) is 56.3 Å². The van der Waals surface area contributed by atoms with E-state index in [-0.39, 0.29) is 17.0 Å². The number of benzene rings is 3. The fourth-order valence-corrected chi connectivity index (χ4v) is 4.40. The van der Waals surface area contributed by atoms with Gasteiger partial charge in [-0.2, -0.15) is 0 Å². The van der Waals surface area contributed by atoms with E-state index in [4.69, 9.17) is 4.99 Å². The Labute approximate surface area is 208 Å². The summed E-state index contributed by atoms with van der Waals surface area (Å²) in [4.78, 5) is 29.5. The van der Waals surface area contributed by atoms with Crippen molar-refractivity contribution in [3.8, 4) is 0 Å². The number of Topliss-reactive ketones (excluding diaryl/α,β-unsaturated/α-hetero) is 1. The van der Waals surface area contributed by atoms with Crippen LogP contribution < -0.4 is 5.32 Å². The van der Waals surface area contributed by atoms with E-state index >= 15 is 0 Å². The maximum Gasteiger partial charge on any atom is 0.335 e. The molecule has 2 N–H and O–H groups in total. The number of rotatable bonds is 5. The number of hydrogen-bond donors (Lipinski definition) is 2. The first-order valence-corrected chi connectivity index (χ1v) is 11.5. The van der Waals surface area contributed by atoms with Crippen molar-refractivity contribution < 1.29 is 19.1 Å². The second-order valence-corrected chi connectivity index (χ2v) is 8.86. The van der Waals surface area contributed by atoms with Gasteiger partial charge in [0.05, 0.1) is 28.6 Å². The number of aryl methyl sites for hydroxylation is 2. The summed E-state index contributed by atoms with van der Waals surface area (Å²) < 4.78 is 14.6. The SMILES string of the molecule is Cc1ccc(C2C=C(F)C=C(NC=C3C(c4cccc(C(=O)O)c4)=Nc4ccccc43)C2=O)cc1C. The van der Waals surface area contributed by atoms with E-state index in [1.54, 1.807) is 24.4 Å². The van der Waals surface area contributed by atoms with E-state index in [1.165, 1.54) is 18.2 Å². The van der Waals surface area contributed by atoms with Crippen LogP contribution in [0, 0.1) is 13.8 Å². The lowest BCUT2D eigenvalue weighted by Crippen LogP contribution is -2.24. The summed E-state index contributed by atoms with van der Waals surface area (Å²) in [5.74, 6) is -2.50. The molecule has 178 valence electrons.